The van der Waals surface area contributed by atoms with E-state index in [1.807, 2.05) is 59.6 Å². The van der Waals surface area contributed by atoms with E-state index in [9.17, 15) is 4.79 Å². The third-order valence-corrected chi connectivity index (χ3v) is 5.14. The van der Waals surface area contributed by atoms with Crippen molar-refractivity contribution in [2.45, 2.75) is 38.6 Å². The van der Waals surface area contributed by atoms with Gasteiger partial charge < -0.3 is 0 Å². The molecule has 0 unspecified atom stereocenters. The summed E-state index contributed by atoms with van der Waals surface area (Å²) in [5.41, 5.74) is 1.93. The average molecular weight is 345 g/mol. The number of hydrogen-bond acceptors (Lipinski definition) is 3. The van der Waals surface area contributed by atoms with E-state index in [0.29, 0.717) is 6.54 Å². The average Bonchev–Trinajstić information content (AvgIpc) is 2.72. The fourth-order valence-electron chi connectivity index (χ4n) is 3.72. The van der Waals surface area contributed by atoms with Gasteiger partial charge in [0.15, 0.2) is 0 Å². The van der Waals surface area contributed by atoms with Crippen LogP contribution in [0.5, 0.6) is 0 Å². The van der Waals surface area contributed by atoms with Gasteiger partial charge in [0.2, 0.25) is 5.91 Å². The summed E-state index contributed by atoms with van der Waals surface area (Å²) in [6, 6.07) is 15.9. The molecule has 0 spiro atoms. The molecule has 0 radical (unpaired) electrons. The smallest absolute Gasteiger partial charge is 0.231 e. The monoisotopic (exact) mass is 345 g/mol. The van der Waals surface area contributed by atoms with Gasteiger partial charge in [-0.1, -0.05) is 43.5 Å². The molecule has 2 aromatic heterocycles. The van der Waals surface area contributed by atoms with Crippen LogP contribution in [0.1, 0.15) is 37.7 Å². The topological polar surface area (TPSA) is 46.1 Å². The summed E-state index contributed by atoms with van der Waals surface area (Å²) in [5.74, 6) is 1.02. The highest BCUT2D eigenvalue weighted by Gasteiger charge is 2.27. The first kappa shape index (κ1) is 16.7. The van der Waals surface area contributed by atoms with Crippen LogP contribution in [-0.4, -0.2) is 15.9 Å². The molecule has 1 aromatic carbocycles. The number of pyridine rings is 2. The Hall–Kier alpha value is -2.75. The quantitative estimate of drug-likeness (QED) is 0.686. The molecule has 0 N–H and O–H groups in total. The zero-order chi connectivity index (χ0) is 17.8. The van der Waals surface area contributed by atoms with Crippen LogP contribution >= 0.6 is 0 Å². The molecular weight excluding hydrogens is 322 g/mol. The lowest BCUT2D eigenvalue weighted by atomic mass is 9.88. The maximum Gasteiger partial charge on any atom is 0.231 e. The molecule has 4 rings (SSSR count). The molecule has 3 aromatic rings. The third-order valence-electron chi connectivity index (χ3n) is 5.14. The van der Waals surface area contributed by atoms with Gasteiger partial charge in [0, 0.05) is 23.7 Å². The summed E-state index contributed by atoms with van der Waals surface area (Å²) in [7, 11) is 0. The number of amides is 1. The Kier molecular flexibility index (Phi) is 4.91. The molecular formula is C22H23N3O. The van der Waals surface area contributed by atoms with Crippen LogP contribution < -0.4 is 4.90 Å². The van der Waals surface area contributed by atoms with Gasteiger partial charge in [0.05, 0.1) is 12.1 Å². The van der Waals surface area contributed by atoms with Crippen molar-refractivity contribution in [2.24, 2.45) is 5.92 Å². The van der Waals surface area contributed by atoms with Crippen LogP contribution in [-0.2, 0) is 11.3 Å². The second kappa shape index (κ2) is 7.65. The summed E-state index contributed by atoms with van der Waals surface area (Å²) in [5, 5.41) is 1.09. The number of aromatic nitrogens is 2. The van der Waals surface area contributed by atoms with Gasteiger partial charge >= 0.3 is 0 Å². The second-order valence-corrected chi connectivity index (χ2v) is 6.98. The molecule has 2 heterocycles. The summed E-state index contributed by atoms with van der Waals surface area (Å²) < 4.78 is 0. The van der Waals surface area contributed by atoms with Gasteiger partial charge in [-0.05, 0) is 42.7 Å². The van der Waals surface area contributed by atoms with Gasteiger partial charge in [0.25, 0.3) is 0 Å². The molecule has 1 aliphatic rings. The van der Waals surface area contributed by atoms with Crippen molar-refractivity contribution >= 4 is 22.6 Å². The number of hydrogen-bond donors (Lipinski definition) is 0. The van der Waals surface area contributed by atoms with Crippen LogP contribution in [0, 0.1) is 5.92 Å². The van der Waals surface area contributed by atoms with Crippen molar-refractivity contribution in [1.29, 1.82) is 0 Å². The van der Waals surface area contributed by atoms with Crippen molar-refractivity contribution in [2.75, 3.05) is 4.90 Å². The number of benzene rings is 1. The summed E-state index contributed by atoms with van der Waals surface area (Å²) >= 11 is 0. The van der Waals surface area contributed by atoms with Gasteiger partial charge in [-0.3, -0.25) is 14.7 Å². The van der Waals surface area contributed by atoms with Crippen molar-refractivity contribution < 1.29 is 4.79 Å². The highest BCUT2D eigenvalue weighted by Crippen LogP contribution is 2.28. The zero-order valence-electron chi connectivity index (χ0n) is 14.8. The molecule has 4 nitrogen and oxygen atoms in total. The van der Waals surface area contributed by atoms with Gasteiger partial charge in [-0.2, -0.15) is 0 Å². The molecule has 132 valence electrons. The van der Waals surface area contributed by atoms with E-state index in [4.69, 9.17) is 4.98 Å². The fourth-order valence-corrected chi connectivity index (χ4v) is 3.72. The van der Waals surface area contributed by atoms with E-state index in [0.717, 1.165) is 48.0 Å². The number of para-hydroxylation sites is 1. The normalized spacial score (nSPS) is 15.1. The molecule has 1 aliphatic carbocycles. The Balaban J connectivity index is 1.69. The van der Waals surface area contributed by atoms with Gasteiger partial charge in [-0.25, -0.2) is 4.98 Å². The van der Waals surface area contributed by atoms with Crippen molar-refractivity contribution in [3.05, 3.63) is 66.5 Å². The number of rotatable bonds is 4. The Morgan fingerprint density at radius 3 is 2.65 bits per heavy atom. The number of carbonyl (C=O) groups excluding carboxylic acids is 1. The maximum atomic E-state index is 13.3. The first-order valence-corrected chi connectivity index (χ1v) is 9.37. The van der Waals surface area contributed by atoms with E-state index in [2.05, 4.69) is 4.98 Å². The third kappa shape index (κ3) is 3.59. The lowest BCUT2D eigenvalue weighted by Gasteiger charge is -2.29. The molecule has 1 amide bonds. The van der Waals surface area contributed by atoms with Crippen LogP contribution in [0.2, 0.25) is 0 Å². The number of nitrogens with zero attached hydrogens (tertiary/aromatic N) is 3. The second-order valence-electron chi connectivity index (χ2n) is 6.98. The lowest BCUT2D eigenvalue weighted by Crippen LogP contribution is -2.37. The number of carbonyl (C=O) groups is 1. The molecule has 0 bridgehead atoms. The Bertz CT molecular complexity index is 888. The largest absolute Gasteiger partial charge is 0.292 e. The summed E-state index contributed by atoms with van der Waals surface area (Å²) in [6.45, 7) is 0.508. The van der Waals surface area contributed by atoms with E-state index >= 15 is 0 Å². The molecule has 1 saturated carbocycles. The standard InChI is InChI=1S/C22H23N3O/c26-22(19-9-2-1-3-10-19)25(16-17-7-6-14-23-15-17)21-13-12-18-8-4-5-11-20(18)24-21/h4-8,11-15,19H,1-3,9-10,16H2. The fraction of sp³-hybridized carbons (Fsp3) is 0.318. The molecule has 4 heteroatoms. The van der Waals surface area contributed by atoms with E-state index in [1.54, 1.807) is 6.20 Å². The molecule has 26 heavy (non-hydrogen) atoms. The first-order chi connectivity index (χ1) is 12.8. The summed E-state index contributed by atoms with van der Waals surface area (Å²) in [6.07, 6.45) is 9.06. The Morgan fingerprint density at radius 1 is 1.00 bits per heavy atom. The van der Waals surface area contributed by atoms with Crippen LogP contribution in [0.15, 0.2) is 60.9 Å². The Labute approximate surface area is 153 Å². The predicted molar refractivity (Wildman–Crippen MR) is 104 cm³/mol. The van der Waals surface area contributed by atoms with E-state index < -0.39 is 0 Å². The minimum absolute atomic E-state index is 0.105. The zero-order valence-corrected chi connectivity index (χ0v) is 14.8. The van der Waals surface area contributed by atoms with E-state index in [-0.39, 0.29) is 11.8 Å². The molecule has 0 atom stereocenters. The van der Waals surface area contributed by atoms with Crippen molar-refractivity contribution in [3.63, 3.8) is 0 Å². The predicted octanol–water partition coefficient (Wildman–Crippen LogP) is 4.74. The molecule has 0 saturated heterocycles. The van der Waals surface area contributed by atoms with Gasteiger partial charge in [-0.15, -0.1) is 0 Å². The SMILES string of the molecule is O=C(C1CCCCC1)N(Cc1cccnc1)c1ccc2ccccc2n1. The van der Waals surface area contributed by atoms with Crippen LogP contribution in [0.25, 0.3) is 10.9 Å². The first-order valence-electron chi connectivity index (χ1n) is 9.37. The summed E-state index contributed by atoms with van der Waals surface area (Å²) in [4.78, 5) is 24.1. The molecule has 1 fully saturated rings. The highest BCUT2D eigenvalue weighted by atomic mass is 16.2. The number of anilines is 1. The lowest BCUT2D eigenvalue weighted by molar-refractivity contribution is -0.123. The highest BCUT2D eigenvalue weighted by molar-refractivity contribution is 5.95. The van der Waals surface area contributed by atoms with Gasteiger partial charge in [0.1, 0.15) is 5.82 Å². The van der Waals surface area contributed by atoms with Crippen molar-refractivity contribution in [3.8, 4) is 0 Å². The Morgan fingerprint density at radius 2 is 1.85 bits per heavy atom. The minimum atomic E-state index is 0.105. The van der Waals surface area contributed by atoms with Crippen LogP contribution in [0.3, 0.4) is 0 Å². The maximum absolute atomic E-state index is 13.3. The minimum Gasteiger partial charge on any atom is -0.292 e. The van der Waals surface area contributed by atoms with E-state index in [1.165, 1.54) is 6.42 Å². The number of fused-ring (bicyclic) bond motifs is 1. The van der Waals surface area contributed by atoms with Crippen LogP contribution in [0.4, 0.5) is 5.82 Å². The van der Waals surface area contributed by atoms with Crippen molar-refractivity contribution in [1.82, 2.24) is 9.97 Å². The molecule has 0 aliphatic heterocycles.